The van der Waals surface area contributed by atoms with Crippen LogP contribution in [0.15, 0.2) is 10.7 Å². The minimum absolute atomic E-state index is 0.0730. The van der Waals surface area contributed by atoms with E-state index in [-0.39, 0.29) is 17.9 Å². The number of piperidine rings is 3. The zero-order valence-electron chi connectivity index (χ0n) is 14.0. The Kier molecular flexibility index (Phi) is 4.04. The molecule has 3 fully saturated rings. The van der Waals surface area contributed by atoms with E-state index in [0.29, 0.717) is 42.4 Å². The van der Waals surface area contributed by atoms with Crippen LogP contribution in [0.5, 0.6) is 0 Å². The van der Waals surface area contributed by atoms with Crippen molar-refractivity contribution >= 4 is 11.8 Å². The summed E-state index contributed by atoms with van der Waals surface area (Å²) >= 11 is 0. The third kappa shape index (κ3) is 2.70. The van der Waals surface area contributed by atoms with Crippen LogP contribution in [0.3, 0.4) is 0 Å². The van der Waals surface area contributed by atoms with Gasteiger partial charge in [0.25, 0.3) is 5.91 Å². The summed E-state index contributed by atoms with van der Waals surface area (Å²) in [5.41, 5.74) is 0.296. The van der Waals surface area contributed by atoms with Gasteiger partial charge in [0, 0.05) is 32.5 Å². The van der Waals surface area contributed by atoms with Crippen molar-refractivity contribution in [3.63, 3.8) is 0 Å². The van der Waals surface area contributed by atoms with Crippen molar-refractivity contribution in [2.75, 3.05) is 19.6 Å². The summed E-state index contributed by atoms with van der Waals surface area (Å²) in [6.45, 7) is 4.10. The van der Waals surface area contributed by atoms with E-state index in [4.69, 9.17) is 4.42 Å². The summed E-state index contributed by atoms with van der Waals surface area (Å²) < 4.78 is 5.10. The van der Waals surface area contributed by atoms with Crippen LogP contribution in [-0.2, 0) is 4.79 Å². The van der Waals surface area contributed by atoms with Crippen molar-refractivity contribution < 1.29 is 14.0 Å². The largest absolute Gasteiger partial charge is 0.448 e. The molecule has 24 heavy (non-hydrogen) atoms. The van der Waals surface area contributed by atoms with E-state index >= 15 is 0 Å². The number of rotatable bonds is 3. The minimum Gasteiger partial charge on any atom is -0.448 e. The summed E-state index contributed by atoms with van der Waals surface area (Å²) in [6.07, 6.45) is 5.22. The smallest absolute Gasteiger partial charge is 0.273 e. The number of nitrogens with zero attached hydrogens (tertiary/aromatic N) is 2. The van der Waals surface area contributed by atoms with E-state index in [1.165, 1.54) is 6.26 Å². The highest BCUT2D eigenvalue weighted by Crippen LogP contribution is 2.39. The predicted molar refractivity (Wildman–Crippen MR) is 86.3 cm³/mol. The van der Waals surface area contributed by atoms with E-state index in [9.17, 15) is 9.59 Å². The molecule has 2 N–H and O–H groups in total. The van der Waals surface area contributed by atoms with Crippen LogP contribution in [0, 0.1) is 18.8 Å². The molecule has 0 unspecified atom stereocenters. The molecule has 0 aromatic carbocycles. The second-order valence-corrected chi connectivity index (χ2v) is 7.20. The molecule has 2 amide bonds. The molecule has 1 aromatic heterocycles. The number of hydrogen-bond acceptors (Lipinski definition) is 5. The van der Waals surface area contributed by atoms with E-state index < -0.39 is 0 Å². The Bertz CT molecular complexity index is 644. The van der Waals surface area contributed by atoms with Crippen LogP contribution in [0.25, 0.3) is 0 Å². The average Bonchev–Trinajstić information content (AvgIpc) is 3.02. The van der Waals surface area contributed by atoms with Gasteiger partial charge in [0.05, 0.1) is 6.04 Å². The Hall–Kier alpha value is -1.89. The van der Waals surface area contributed by atoms with Gasteiger partial charge in [0.15, 0.2) is 11.6 Å². The zero-order valence-corrected chi connectivity index (χ0v) is 14.0. The van der Waals surface area contributed by atoms with Gasteiger partial charge in [-0.25, -0.2) is 4.98 Å². The van der Waals surface area contributed by atoms with Gasteiger partial charge in [-0.3, -0.25) is 9.59 Å². The lowest BCUT2D eigenvalue weighted by Crippen LogP contribution is -2.66. The summed E-state index contributed by atoms with van der Waals surface area (Å²) in [4.78, 5) is 31.0. The van der Waals surface area contributed by atoms with Gasteiger partial charge in [-0.1, -0.05) is 0 Å². The fraction of sp³-hybridized carbons (Fsp3) is 0.706. The molecule has 3 aliphatic rings. The van der Waals surface area contributed by atoms with Crippen LogP contribution in [0.2, 0.25) is 0 Å². The lowest BCUT2D eigenvalue weighted by molar-refractivity contribution is -0.148. The van der Waals surface area contributed by atoms with Crippen molar-refractivity contribution in [2.45, 2.75) is 44.7 Å². The fourth-order valence-corrected chi connectivity index (χ4v) is 4.65. The van der Waals surface area contributed by atoms with Crippen molar-refractivity contribution in [3.8, 4) is 0 Å². The molecule has 0 saturated carbocycles. The van der Waals surface area contributed by atoms with Crippen LogP contribution in [0.4, 0.5) is 0 Å². The number of carbonyl (C=O) groups excluding carboxylic acids is 2. The Balaban J connectivity index is 1.49. The molecular formula is C17H24N4O3. The van der Waals surface area contributed by atoms with Crippen LogP contribution >= 0.6 is 0 Å². The highest BCUT2D eigenvalue weighted by atomic mass is 16.3. The Morgan fingerprint density at radius 2 is 2.29 bits per heavy atom. The van der Waals surface area contributed by atoms with Gasteiger partial charge >= 0.3 is 0 Å². The standard InChI is InChI=1S/C17H24N4O3/c1-10-20-13(9-24-10)17(23)19-8-15-12-5-11(6-18-7-12)14-3-2-4-16(22)21(14)15/h9,11-12,14-15,18H,2-8H2,1H3,(H,19,23)/t11-,12+,14+,15+/m1/s1. The van der Waals surface area contributed by atoms with Gasteiger partial charge < -0.3 is 20.0 Å². The molecule has 3 aliphatic heterocycles. The summed E-state index contributed by atoms with van der Waals surface area (Å²) in [5.74, 6) is 1.45. The van der Waals surface area contributed by atoms with E-state index in [1.807, 2.05) is 0 Å². The molecule has 4 heterocycles. The minimum atomic E-state index is -0.237. The van der Waals surface area contributed by atoms with Crippen molar-refractivity contribution in [1.29, 1.82) is 0 Å². The maximum Gasteiger partial charge on any atom is 0.273 e. The summed E-state index contributed by atoms with van der Waals surface area (Å²) in [7, 11) is 0. The third-order valence-corrected chi connectivity index (χ3v) is 5.72. The highest BCUT2D eigenvalue weighted by molar-refractivity contribution is 5.92. The molecule has 0 spiro atoms. The quantitative estimate of drug-likeness (QED) is 0.851. The highest BCUT2D eigenvalue weighted by Gasteiger charge is 2.47. The SMILES string of the molecule is Cc1nc(C(=O)NC[C@H]2[C@@H]3CNC[C@@H](C3)[C@@H]3CCCC(=O)N32)co1. The fourth-order valence-electron chi connectivity index (χ4n) is 4.65. The lowest BCUT2D eigenvalue weighted by Gasteiger charge is -2.54. The predicted octanol–water partition coefficient (Wildman–Crippen LogP) is 0.702. The van der Waals surface area contributed by atoms with Gasteiger partial charge in [-0.05, 0) is 37.6 Å². The molecule has 7 heteroatoms. The Labute approximate surface area is 141 Å². The van der Waals surface area contributed by atoms with Crippen LogP contribution in [-0.4, -0.2) is 53.4 Å². The zero-order chi connectivity index (χ0) is 16.7. The van der Waals surface area contributed by atoms with E-state index in [1.54, 1.807) is 6.92 Å². The molecule has 7 nitrogen and oxygen atoms in total. The van der Waals surface area contributed by atoms with E-state index in [0.717, 1.165) is 32.4 Å². The summed E-state index contributed by atoms with van der Waals surface area (Å²) in [5, 5.41) is 6.46. The van der Waals surface area contributed by atoms with Gasteiger partial charge in [-0.2, -0.15) is 0 Å². The molecule has 0 radical (unpaired) electrons. The van der Waals surface area contributed by atoms with Gasteiger partial charge in [0.1, 0.15) is 6.26 Å². The van der Waals surface area contributed by atoms with Crippen LogP contribution in [0.1, 0.15) is 42.1 Å². The first-order chi connectivity index (χ1) is 11.6. The molecule has 130 valence electrons. The third-order valence-electron chi connectivity index (χ3n) is 5.72. The normalized spacial score (nSPS) is 32.4. The molecule has 2 bridgehead atoms. The number of hydrogen-bond donors (Lipinski definition) is 2. The molecule has 0 aliphatic carbocycles. The number of carbonyl (C=O) groups is 2. The van der Waals surface area contributed by atoms with Crippen molar-refractivity contribution in [1.82, 2.24) is 20.5 Å². The first-order valence-corrected chi connectivity index (χ1v) is 8.85. The van der Waals surface area contributed by atoms with Crippen LogP contribution < -0.4 is 10.6 Å². The Morgan fingerprint density at radius 1 is 1.46 bits per heavy atom. The topological polar surface area (TPSA) is 87.5 Å². The molecule has 1 aromatic rings. The first-order valence-electron chi connectivity index (χ1n) is 8.85. The number of amides is 2. The van der Waals surface area contributed by atoms with Gasteiger partial charge in [0.2, 0.25) is 5.91 Å². The molecule has 4 atom stereocenters. The van der Waals surface area contributed by atoms with Crippen molar-refractivity contribution in [3.05, 3.63) is 17.8 Å². The average molecular weight is 332 g/mol. The monoisotopic (exact) mass is 332 g/mol. The second-order valence-electron chi connectivity index (χ2n) is 7.20. The van der Waals surface area contributed by atoms with E-state index in [2.05, 4.69) is 20.5 Å². The summed E-state index contributed by atoms with van der Waals surface area (Å²) in [6, 6.07) is 0.398. The van der Waals surface area contributed by atoms with Gasteiger partial charge in [-0.15, -0.1) is 0 Å². The molecule has 3 saturated heterocycles. The number of nitrogens with one attached hydrogen (secondary N) is 2. The first kappa shape index (κ1) is 15.6. The maximum absolute atomic E-state index is 12.6. The number of aryl methyl sites for hydroxylation is 1. The Morgan fingerprint density at radius 3 is 3.08 bits per heavy atom. The second kappa shape index (κ2) is 6.20. The maximum atomic E-state index is 12.6. The molecule has 4 rings (SSSR count). The number of oxazole rings is 1. The molecular weight excluding hydrogens is 308 g/mol. The lowest BCUT2D eigenvalue weighted by atomic mass is 9.72. The number of aromatic nitrogens is 1. The number of fused-ring (bicyclic) bond motifs is 4. The van der Waals surface area contributed by atoms with Crippen molar-refractivity contribution in [2.24, 2.45) is 11.8 Å².